The molecule has 0 aromatic heterocycles. The fourth-order valence-corrected chi connectivity index (χ4v) is 1.68. The van der Waals surface area contributed by atoms with E-state index in [0.29, 0.717) is 0 Å². The van der Waals surface area contributed by atoms with Gasteiger partial charge in [-0.1, -0.05) is 6.07 Å². The van der Waals surface area contributed by atoms with Crippen molar-refractivity contribution in [3.8, 4) is 5.75 Å². The average Bonchev–Trinajstić information content (AvgIpc) is 2.01. The molecule has 1 amide bonds. The summed E-state index contributed by atoms with van der Waals surface area (Å²) in [7, 11) is -4.60. The molecule has 0 aliphatic carbocycles. The van der Waals surface area contributed by atoms with Gasteiger partial charge in [0, 0.05) is 0 Å². The molecule has 3 N–H and O–H groups in total. The van der Waals surface area contributed by atoms with E-state index in [2.05, 4.69) is 0 Å². The van der Waals surface area contributed by atoms with E-state index in [0.717, 1.165) is 18.2 Å². The lowest BCUT2D eigenvalue weighted by molar-refractivity contribution is 0.0992. The highest BCUT2D eigenvalue weighted by molar-refractivity contribution is 7.86. The number of nitrogens with two attached hydrogens (primary N) is 1. The third kappa shape index (κ3) is 1.83. The van der Waals surface area contributed by atoms with Crippen molar-refractivity contribution in [2.24, 2.45) is 5.73 Å². The van der Waals surface area contributed by atoms with Crippen LogP contribution in [0.5, 0.6) is 5.75 Å². The zero-order valence-corrected chi connectivity index (χ0v) is 7.61. The average molecular weight is 216 g/mol. The van der Waals surface area contributed by atoms with Crippen molar-refractivity contribution in [3.05, 3.63) is 23.8 Å². The first-order valence-electron chi connectivity index (χ1n) is 3.41. The highest BCUT2D eigenvalue weighted by Gasteiger charge is 2.22. The maximum absolute atomic E-state index is 11.1. The van der Waals surface area contributed by atoms with Gasteiger partial charge in [0.2, 0.25) is 0 Å². The molecule has 0 fully saturated rings. The fraction of sp³-hybridized carbons (Fsp3) is 0. The van der Waals surface area contributed by atoms with Crippen molar-refractivity contribution in [1.82, 2.24) is 0 Å². The monoisotopic (exact) mass is 216 g/mol. The number of hydrogen-bond acceptors (Lipinski definition) is 3. The summed E-state index contributed by atoms with van der Waals surface area (Å²) in [6.45, 7) is 0. The minimum Gasteiger partial charge on any atom is -0.365 e. The zero-order valence-electron chi connectivity index (χ0n) is 6.80. The Bertz CT molecular complexity index is 479. The number of carbonyl (C=O) groups excluding carboxylic acids is 1. The van der Waals surface area contributed by atoms with E-state index in [-0.39, 0.29) is 0 Å². The van der Waals surface area contributed by atoms with E-state index in [4.69, 9.17) is 10.3 Å². The lowest BCUT2D eigenvalue weighted by Gasteiger charge is -2.02. The van der Waals surface area contributed by atoms with Gasteiger partial charge in [-0.3, -0.25) is 14.5 Å². The normalized spacial score (nSPS) is 11.2. The summed E-state index contributed by atoms with van der Waals surface area (Å²) in [5, 5.41) is 11.1. The Morgan fingerprint density at radius 1 is 1.36 bits per heavy atom. The minimum atomic E-state index is -4.60. The molecular formula is C7H6NO5S. The van der Waals surface area contributed by atoms with E-state index in [1.807, 2.05) is 0 Å². The van der Waals surface area contributed by atoms with Crippen molar-refractivity contribution in [2.45, 2.75) is 4.90 Å². The van der Waals surface area contributed by atoms with Crippen LogP contribution in [0.15, 0.2) is 23.1 Å². The summed E-state index contributed by atoms with van der Waals surface area (Å²) in [6, 6.07) is 3.02. The summed E-state index contributed by atoms with van der Waals surface area (Å²) < 4.78 is 30.1. The number of hydrogen-bond donors (Lipinski definition) is 2. The van der Waals surface area contributed by atoms with Crippen LogP contribution in [0.3, 0.4) is 0 Å². The van der Waals surface area contributed by atoms with Crippen LogP contribution >= 0.6 is 0 Å². The summed E-state index contributed by atoms with van der Waals surface area (Å²) in [5.41, 5.74) is 4.07. The van der Waals surface area contributed by atoms with Gasteiger partial charge in [0.25, 0.3) is 16.0 Å². The Balaban J connectivity index is 3.61. The van der Waals surface area contributed by atoms with Crippen LogP contribution in [0.1, 0.15) is 10.4 Å². The number of amides is 1. The molecule has 1 aromatic carbocycles. The van der Waals surface area contributed by atoms with E-state index in [1.54, 1.807) is 0 Å². The molecule has 1 rings (SSSR count). The van der Waals surface area contributed by atoms with E-state index in [9.17, 15) is 18.3 Å². The molecule has 1 radical (unpaired) electrons. The maximum atomic E-state index is 11.1. The third-order valence-corrected chi connectivity index (χ3v) is 2.41. The van der Waals surface area contributed by atoms with Gasteiger partial charge in [0.15, 0.2) is 5.75 Å². The molecule has 0 saturated carbocycles. The van der Waals surface area contributed by atoms with Gasteiger partial charge in [-0.15, -0.1) is 0 Å². The lowest BCUT2D eigenvalue weighted by atomic mass is 10.2. The predicted octanol–water partition coefficient (Wildman–Crippen LogP) is 0.176. The SMILES string of the molecule is NC(=O)c1c([O])cccc1S(=O)(=O)O. The smallest absolute Gasteiger partial charge is 0.295 e. The predicted molar refractivity (Wildman–Crippen MR) is 44.9 cm³/mol. The van der Waals surface area contributed by atoms with Gasteiger partial charge in [-0.2, -0.15) is 8.42 Å². The first-order chi connectivity index (χ1) is 6.34. The molecule has 14 heavy (non-hydrogen) atoms. The summed E-state index contributed by atoms with van der Waals surface area (Å²) in [4.78, 5) is 9.97. The van der Waals surface area contributed by atoms with E-state index >= 15 is 0 Å². The van der Waals surface area contributed by atoms with Crippen molar-refractivity contribution in [1.29, 1.82) is 0 Å². The van der Waals surface area contributed by atoms with Crippen LogP contribution in [-0.4, -0.2) is 18.9 Å². The number of carbonyl (C=O) groups is 1. The number of benzene rings is 1. The second kappa shape index (κ2) is 3.28. The summed E-state index contributed by atoms with van der Waals surface area (Å²) in [6.07, 6.45) is 0. The molecule has 0 aliphatic heterocycles. The van der Waals surface area contributed by atoms with Gasteiger partial charge in [0.1, 0.15) is 10.5 Å². The third-order valence-electron chi connectivity index (χ3n) is 1.51. The maximum Gasteiger partial charge on any atom is 0.295 e. The molecule has 1 aromatic rings. The first kappa shape index (κ1) is 10.5. The van der Waals surface area contributed by atoms with Crippen LogP contribution in [-0.2, 0) is 15.2 Å². The van der Waals surface area contributed by atoms with Crippen molar-refractivity contribution in [3.63, 3.8) is 0 Å². The van der Waals surface area contributed by atoms with Crippen LogP contribution < -0.4 is 5.73 Å². The van der Waals surface area contributed by atoms with Crippen molar-refractivity contribution in [2.75, 3.05) is 0 Å². The summed E-state index contributed by atoms with van der Waals surface area (Å²) >= 11 is 0. The second-order valence-corrected chi connectivity index (χ2v) is 3.86. The first-order valence-corrected chi connectivity index (χ1v) is 4.85. The molecule has 0 heterocycles. The Morgan fingerprint density at radius 3 is 2.29 bits per heavy atom. The fourth-order valence-electron chi connectivity index (χ4n) is 0.969. The van der Waals surface area contributed by atoms with E-state index in [1.165, 1.54) is 0 Å². The quantitative estimate of drug-likeness (QED) is 0.685. The Labute approximate surface area is 79.7 Å². The van der Waals surface area contributed by atoms with Gasteiger partial charge in [0.05, 0.1) is 0 Å². The molecule has 0 bridgehead atoms. The van der Waals surface area contributed by atoms with Crippen molar-refractivity contribution >= 4 is 16.0 Å². The zero-order chi connectivity index (χ0) is 10.9. The molecule has 0 atom stereocenters. The molecule has 75 valence electrons. The molecular weight excluding hydrogens is 210 g/mol. The lowest BCUT2D eigenvalue weighted by Crippen LogP contribution is -2.16. The largest absolute Gasteiger partial charge is 0.365 e. The molecule has 6 nitrogen and oxygen atoms in total. The standard InChI is InChI=1S/C7H6NO5S/c8-7(10)6-4(9)2-1-3-5(6)14(11,12)13/h1-3H,(H2,8,10)(H,11,12,13). The van der Waals surface area contributed by atoms with Crippen molar-refractivity contribution < 1.29 is 22.9 Å². The van der Waals surface area contributed by atoms with Gasteiger partial charge >= 0.3 is 0 Å². The molecule has 0 aliphatic rings. The van der Waals surface area contributed by atoms with Gasteiger partial charge in [-0.25, -0.2) is 0 Å². The second-order valence-electron chi connectivity index (χ2n) is 2.47. The molecule has 7 heteroatoms. The highest BCUT2D eigenvalue weighted by Crippen LogP contribution is 2.24. The molecule has 0 unspecified atom stereocenters. The highest BCUT2D eigenvalue weighted by atomic mass is 32.2. The van der Waals surface area contributed by atoms with Crippen LogP contribution in [0.25, 0.3) is 0 Å². The van der Waals surface area contributed by atoms with Crippen LogP contribution in [0.4, 0.5) is 0 Å². The van der Waals surface area contributed by atoms with Gasteiger partial charge in [-0.05, 0) is 12.1 Å². The number of primary amides is 1. The van der Waals surface area contributed by atoms with E-state index < -0.39 is 32.2 Å². The summed E-state index contributed by atoms with van der Waals surface area (Å²) in [5.74, 6) is -2.03. The van der Waals surface area contributed by atoms with Gasteiger partial charge < -0.3 is 5.73 Å². The number of rotatable bonds is 2. The molecule has 0 spiro atoms. The minimum absolute atomic E-state index is 0.727. The Morgan fingerprint density at radius 2 is 1.93 bits per heavy atom. The Hall–Kier alpha value is -1.60. The van der Waals surface area contributed by atoms with Crippen LogP contribution in [0, 0.1) is 0 Å². The molecule has 0 saturated heterocycles. The Kier molecular flexibility index (Phi) is 2.45. The topological polar surface area (TPSA) is 117 Å². The van der Waals surface area contributed by atoms with Crippen LogP contribution in [0.2, 0.25) is 0 Å².